The molecule has 0 spiro atoms. The first kappa shape index (κ1) is 12.1. The van der Waals surface area contributed by atoms with Crippen LogP contribution in [0.4, 0.5) is 11.5 Å². The minimum absolute atomic E-state index is 0.0628. The molecule has 100 valence electrons. The van der Waals surface area contributed by atoms with E-state index in [1.807, 2.05) is 0 Å². The molecule has 0 aliphatic carbocycles. The molecule has 1 aliphatic rings. The van der Waals surface area contributed by atoms with Gasteiger partial charge in [-0.25, -0.2) is 9.98 Å². The Bertz CT molecular complexity index is 686. The highest BCUT2D eigenvalue weighted by atomic mass is 16.7. The number of pyridine rings is 1. The Kier molecular flexibility index (Phi) is 3.00. The average molecular weight is 271 g/mol. The number of nitro groups is 1. The molecule has 2 heterocycles. The number of nitro benzene ring substituents is 1. The van der Waals surface area contributed by atoms with E-state index in [2.05, 4.69) is 9.98 Å². The van der Waals surface area contributed by atoms with Gasteiger partial charge < -0.3 is 9.47 Å². The van der Waals surface area contributed by atoms with Gasteiger partial charge in [0.2, 0.25) is 6.79 Å². The average Bonchev–Trinajstić information content (AvgIpc) is 2.92. The van der Waals surface area contributed by atoms with Crippen LogP contribution in [0.15, 0.2) is 41.5 Å². The molecule has 0 atom stereocenters. The Labute approximate surface area is 113 Å². The molecule has 0 N–H and O–H groups in total. The first-order valence-corrected chi connectivity index (χ1v) is 5.77. The molecule has 7 heteroatoms. The third-order valence-corrected chi connectivity index (χ3v) is 2.70. The number of hydrogen-bond acceptors (Lipinski definition) is 6. The smallest absolute Gasteiger partial charge is 0.282 e. The summed E-state index contributed by atoms with van der Waals surface area (Å²) in [6.45, 7) is 0.0628. The van der Waals surface area contributed by atoms with Gasteiger partial charge in [-0.3, -0.25) is 10.1 Å². The van der Waals surface area contributed by atoms with E-state index in [-0.39, 0.29) is 12.5 Å². The monoisotopic (exact) mass is 271 g/mol. The number of benzene rings is 1. The minimum atomic E-state index is -0.484. The summed E-state index contributed by atoms with van der Waals surface area (Å²) >= 11 is 0. The topological polar surface area (TPSA) is 86.9 Å². The molecule has 0 saturated carbocycles. The summed E-state index contributed by atoms with van der Waals surface area (Å²) in [5, 5.41) is 11.1. The van der Waals surface area contributed by atoms with Gasteiger partial charge in [0.25, 0.3) is 5.69 Å². The van der Waals surface area contributed by atoms with Gasteiger partial charge in [0, 0.05) is 12.4 Å². The van der Waals surface area contributed by atoms with Gasteiger partial charge in [-0.15, -0.1) is 0 Å². The second kappa shape index (κ2) is 4.96. The summed E-state index contributed by atoms with van der Waals surface area (Å²) < 4.78 is 10.3. The van der Waals surface area contributed by atoms with Crippen molar-refractivity contribution in [1.29, 1.82) is 0 Å². The fourth-order valence-corrected chi connectivity index (χ4v) is 1.77. The van der Waals surface area contributed by atoms with E-state index in [0.717, 1.165) is 0 Å². The van der Waals surface area contributed by atoms with E-state index in [4.69, 9.17) is 9.47 Å². The molecule has 3 rings (SSSR count). The standard InChI is InChI=1S/C13H9N3O4/c17-16(18)10-6-12-11(19-8-20-12)5-9(10)7-15-13-3-1-2-4-14-13/h1-7H,8H2/b15-7+. The van der Waals surface area contributed by atoms with Crippen molar-refractivity contribution in [2.45, 2.75) is 0 Å². The fourth-order valence-electron chi connectivity index (χ4n) is 1.77. The first-order chi connectivity index (χ1) is 9.74. The molecule has 1 aromatic heterocycles. The van der Waals surface area contributed by atoms with Crippen molar-refractivity contribution in [3.8, 4) is 11.5 Å². The van der Waals surface area contributed by atoms with E-state index < -0.39 is 4.92 Å². The predicted octanol–water partition coefficient (Wildman–Crippen LogP) is 2.47. The molecular weight excluding hydrogens is 262 g/mol. The number of aromatic nitrogens is 1. The molecule has 2 aromatic rings. The van der Waals surface area contributed by atoms with Crippen molar-refractivity contribution < 1.29 is 14.4 Å². The van der Waals surface area contributed by atoms with Crippen LogP contribution in [0.5, 0.6) is 11.5 Å². The van der Waals surface area contributed by atoms with Gasteiger partial charge in [0.15, 0.2) is 17.3 Å². The maximum Gasteiger partial charge on any atom is 0.282 e. The van der Waals surface area contributed by atoms with Crippen LogP contribution in [-0.2, 0) is 0 Å². The summed E-state index contributed by atoms with van der Waals surface area (Å²) in [5.74, 6) is 1.31. The van der Waals surface area contributed by atoms with Gasteiger partial charge >= 0.3 is 0 Å². The molecular formula is C13H9N3O4. The van der Waals surface area contributed by atoms with Gasteiger partial charge in [-0.1, -0.05) is 6.07 Å². The van der Waals surface area contributed by atoms with Crippen LogP contribution >= 0.6 is 0 Å². The quantitative estimate of drug-likeness (QED) is 0.486. The fraction of sp³-hybridized carbons (Fsp3) is 0.0769. The van der Waals surface area contributed by atoms with Crippen LogP contribution in [0.25, 0.3) is 0 Å². The lowest BCUT2D eigenvalue weighted by atomic mass is 10.1. The molecule has 0 saturated heterocycles. The number of fused-ring (bicyclic) bond motifs is 1. The summed E-state index contributed by atoms with van der Waals surface area (Å²) in [4.78, 5) is 18.7. The van der Waals surface area contributed by atoms with Crippen LogP contribution in [-0.4, -0.2) is 22.9 Å². The second-order valence-electron chi connectivity index (χ2n) is 3.97. The Balaban J connectivity index is 2.00. The number of nitrogens with zero attached hydrogens (tertiary/aromatic N) is 3. The molecule has 20 heavy (non-hydrogen) atoms. The van der Waals surface area contributed by atoms with Gasteiger partial charge in [-0.2, -0.15) is 0 Å². The summed E-state index contributed by atoms with van der Waals surface area (Å²) in [5.41, 5.74) is 0.249. The molecule has 0 fully saturated rings. The number of rotatable bonds is 3. The highest BCUT2D eigenvalue weighted by molar-refractivity contribution is 5.88. The lowest BCUT2D eigenvalue weighted by Crippen LogP contribution is -1.95. The zero-order valence-corrected chi connectivity index (χ0v) is 10.2. The Morgan fingerprint density at radius 3 is 2.80 bits per heavy atom. The normalized spacial score (nSPS) is 12.8. The third-order valence-electron chi connectivity index (χ3n) is 2.70. The summed E-state index contributed by atoms with van der Waals surface area (Å²) in [6, 6.07) is 8.13. The van der Waals surface area contributed by atoms with Crippen molar-refractivity contribution in [2.24, 2.45) is 4.99 Å². The number of ether oxygens (including phenoxy) is 2. The van der Waals surface area contributed by atoms with Crippen molar-refractivity contribution in [3.63, 3.8) is 0 Å². The van der Waals surface area contributed by atoms with Crippen molar-refractivity contribution in [1.82, 2.24) is 4.98 Å². The molecule has 1 aromatic carbocycles. The zero-order chi connectivity index (χ0) is 13.9. The lowest BCUT2D eigenvalue weighted by Gasteiger charge is -2.00. The summed E-state index contributed by atoms with van der Waals surface area (Å²) in [7, 11) is 0. The van der Waals surface area contributed by atoms with E-state index in [1.165, 1.54) is 18.3 Å². The van der Waals surface area contributed by atoms with Crippen molar-refractivity contribution >= 4 is 17.7 Å². The highest BCUT2D eigenvalue weighted by Crippen LogP contribution is 2.37. The molecule has 7 nitrogen and oxygen atoms in total. The molecule has 0 radical (unpaired) electrons. The summed E-state index contributed by atoms with van der Waals surface area (Å²) in [6.07, 6.45) is 2.99. The highest BCUT2D eigenvalue weighted by Gasteiger charge is 2.22. The van der Waals surface area contributed by atoms with E-state index in [1.54, 1.807) is 24.4 Å². The largest absolute Gasteiger partial charge is 0.454 e. The Hall–Kier alpha value is -2.96. The van der Waals surface area contributed by atoms with Crippen LogP contribution in [0.1, 0.15) is 5.56 Å². The molecule has 0 bridgehead atoms. The van der Waals surface area contributed by atoms with Crippen LogP contribution in [0.2, 0.25) is 0 Å². The maximum absolute atomic E-state index is 11.1. The van der Waals surface area contributed by atoms with Gasteiger partial charge in [0.05, 0.1) is 16.6 Å². The van der Waals surface area contributed by atoms with Crippen LogP contribution in [0, 0.1) is 10.1 Å². The SMILES string of the molecule is O=[N+]([O-])c1cc2c(cc1/C=N/c1ccccn1)OCO2. The van der Waals surface area contributed by atoms with E-state index >= 15 is 0 Å². The predicted molar refractivity (Wildman–Crippen MR) is 70.7 cm³/mol. The van der Waals surface area contributed by atoms with E-state index in [0.29, 0.717) is 22.9 Å². The van der Waals surface area contributed by atoms with Crippen LogP contribution < -0.4 is 9.47 Å². The molecule has 0 amide bonds. The van der Waals surface area contributed by atoms with Crippen LogP contribution in [0.3, 0.4) is 0 Å². The second-order valence-corrected chi connectivity index (χ2v) is 3.97. The first-order valence-electron chi connectivity index (χ1n) is 5.77. The maximum atomic E-state index is 11.1. The molecule has 0 unspecified atom stereocenters. The van der Waals surface area contributed by atoms with E-state index in [9.17, 15) is 10.1 Å². The number of hydrogen-bond donors (Lipinski definition) is 0. The number of aliphatic imine (C=N–C) groups is 1. The zero-order valence-electron chi connectivity index (χ0n) is 10.2. The lowest BCUT2D eigenvalue weighted by molar-refractivity contribution is -0.385. The molecule has 1 aliphatic heterocycles. The van der Waals surface area contributed by atoms with Gasteiger partial charge in [-0.05, 0) is 18.2 Å². The Morgan fingerprint density at radius 2 is 2.10 bits per heavy atom. The van der Waals surface area contributed by atoms with Crippen molar-refractivity contribution in [3.05, 3.63) is 52.2 Å². The minimum Gasteiger partial charge on any atom is -0.454 e. The Morgan fingerprint density at radius 1 is 1.30 bits per heavy atom. The van der Waals surface area contributed by atoms with Gasteiger partial charge in [0.1, 0.15) is 0 Å². The third kappa shape index (κ3) is 2.28. The van der Waals surface area contributed by atoms with Crippen molar-refractivity contribution in [2.75, 3.05) is 6.79 Å².